The van der Waals surface area contributed by atoms with Gasteiger partial charge >= 0.3 is 6.03 Å². The molecule has 0 aromatic rings. The van der Waals surface area contributed by atoms with Gasteiger partial charge in [-0.05, 0) is 37.4 Å². The van der Waals surface area contributed by atoms with Crippen LogP contribution in [0.2, 0.25) is 18.1 Å². The molecular weight excluding hydrogens is 292 g/mol. The number of amides is 3. The second-order valence-electron chi connectivity index (χ2n) is 6.86. The highest BCUT2D eigenvalue weighted by molar-refractivity contribution is 6.81. The standard InChI is InChI=1S/C17H32N2O2Si/c1-5-15-16(20)19(22(6-2,7-3)8-4)17(21)18(15)14-12-10-9-11-13-14/h14-15H,5-13H2,1-4H3. The molecule has 126 valence electrons. The van der Waals surface area contributed by atoms with Crippen molar-refractivity contribution in [1.29, 1.82) is 0 Å². The maximum atomic E-state index is 13.2. The first-order chi connectivity index (χ1) is 10.6. The molecule has 2 rings (SSSR count). The van der Waals surface area contributed by atoms with Gasteiger partial charge in [-0.25, -0.2) is 4.79 Å². The quantitative estimate of drug-likeness (QED) is 0.538. The van der Waals surface area contributed by atoms with Crippen molar-refractivity contribution in [3.05, 3.63) is 0 Å². The number of rotatable bonds is 6. The van der Waals surface area contributed by atoms with Crippen LogP contribution in [-0.2, 0) is 4.79 Å². The molecule has 1 aliphatic heterocycles. The van der Waals surface area contributed by atoms with Crippen LogP contribution >= 0.6 is 0 Å². The number of carbonyl (C=O) groups excluding carboxylic acids is 2. The van der Waals surface area contributed by atoms with Crippen molar-refractivity contribution in [3.63, 3.8) is 0 Å². The van der Waals surface area contributed by atoms with Crippen molar-refractivity contribution < 1.29 is 9.59 Å². The summed E-state index contributed by atoms with van der Waals surface area (Å²) in [6, 6.07) is 3.07. The van der Waals surface area contributed by atoms with Crippen LogP contribution in [0.4, 0.5) is 4.79 Å². The van der Waals surface area contributed by atoms with Gasteiger partial charge in [0, 0.05) is 6.04 Å². The highest BCUT2D eigenvalue weighted by atomic mass is 28.3. The highest BCUT2D eigenvalue weighted by Gasteiger charge is 2.54. The van der Waals surface area contributed by atoms with E-state index in [9.17, 15) is 9.59 Å². The van der Waals surface area contributed by atoms with Crippen LogP contribution in [-0.4, -0.2) is 41.7 Å². The van der Waals surface area contributed by atoms with Gasteiger partial charge in [-0.3, -0.25) is 9.36 Å². The molecule has 0 bridgehead atoms. The number of urea groups is 1. The third-order valence-corrected chi connectivity index (χ3v) is 11.4. The molecule has 2 fully saturated rings. The number of carbonyl (C=O) groups is 2. The summed E-state index contributed by atoms with van der Waals surface area (Å²) >= 11 is 0. The number of nitrogens with zero attached hydrogens (tertiary/aromatic N) is 2. The van der Waals surface area contributed by atoms with Crippen molar-refractivity contribution in [2.45, 2.75) is 96.4 Å². The summed E-state index contributed by atoms with van der Waals surface area (Å²) in [7, 11) is -1.98. The summed E-state index contributed by atoms with van der Waals surface area (Å²) < 4.78 is 1.77. The van der Waals surface area contributed by atoms with E-state index >= 15 is 0 Å². The van der Waals surface area contributed by atoms with Gasteiger partial charge in [0.25, 0.3) is 0 Å². The minimum Gasteiger partial charge on any atom is -0.310 e. The van der Waals surface area contributed by atoms with Crippen molar-refractivity contribution in [2.24, 2.45) is 0 Å². The smallest absolute Gasteiger partial charge is 0.310 e. The third-order valence-electron chi connectivity index (χ3n) is 6.06. The maximum absolute atomic E-state index is 13.2. The molecule has 1 saturated carbocycles. The fraction of sp³-hybridized carbons (Fsp3) is 0.882. The molecule has 0 aromatic carbocycles. The monoisotopic (exact) mass is 324 g/mol. The largest absolute Gasteiger partial charge is 0.319 e. The molecule has 4 nitrogen and oxygen atoms in total. The van der Waals surface area contributed by atoms with E-state index < -0.39 is 8.24 Å². The molecule has 0 aromatic heterocycles. The molecule has 0 radical (unpaired) electrons. The third kappa shape index (κ3) is 2.72. The lowest BCUT2D eigenvalue weighted by Crippen LogP contribution is -2.56. The Balaban J connectivity index is 2.33. The van der Waals surface area contributed by atoms with Gasteiger partial charge in [0.1, 0.15) is 6.04 Å². The maximum Gasteiger partial charge on any atom is 0.319 e. The first-order valence-corrected chi connectivity index (χ1v) is 11.8. The molecule has 1 heterocycles. The van der Waals surface area contributed by atoms with Crippen LogP contribution in [0.3, 0.4) is 0 Å². The SMILES string of the molecule is CCC1C(=O)N([Si](CC)(CC)CC)C(=O)N1C1CCCCC1. The van der Waals surface area contributed by atoms with Crippen molar-refractivity contribution in [2.75, 3.05) is 0 Å². The molecule has 0 N–H and O–H groups in total. The Morgan fingerprint density at radius 1 is 0.955 bits per heavy atom. The Morgan fingerprint density at radius 3 is 1.95 bits per heavy atom. The Kier molecular flexibility index (Phi) is 5.69. The summed E-state index contributed by atoms with van der Waals surface area (Å²) in [5, 5.41) is 0. The average Bonchev–Trinajstić information content (AvgIpc) is 2.82. The summed E-state index contributed by atoms with van der Waals surface area (Å²) in [5.41, 5.74) is 0. The zero-order chi connectivity index (χ0) is 16.3. The summed E-state index contributed by atoms with van der Waals surface area (Å²) in [5.74, 6) is 0.107. The predicted octanol–water partition coefficient (Wildman–Crippen LogP) is 4.37. The molecule has 1 saturated heterocycles. The molecular formula is C17H32N2O2Si. The van der Waals surface area contributed by atoms with E-state index in [-0.39, 0.29) is 24.0 Å². The molecule has 3 amide bonds. The normalized spacial score (nSPS) is 24.5. The fourth-order valence-electron chi connectivity index (χ4n) is 4.41. The summed E-state index contributed by atoms with van der Waals surface area (Å²) in [6.45, 7) is 8.51. The van der Waals surface area contributed by atoms with E-state index in [0.29, 0.717) is 0 Å². The van der Waals surface area contributed by atoms with Gasteiger partial charge in [-0.15, -0.1) is 0 Å². The van der Waals surface area contributed by atoms with Crippen LogP contribution in [0.25, 0.3) is 0 Å². The number of hydrogen-bond acceptors (Lipinski definition) is 2. The van der Waals surface area contributed by atoms with E-state index in [1.165, 1.54) is 19.3 Å². The Bertz CT molecular complexity index is 409. The highest BCUT2D eigenvalue weighted by Crippen LogP contribution is 2.36. The second kappa shape index (κ2) is 7.15. The van der Waals surface area contributed by atoms with Gasteiger partial charge in [0.2, 0.25) is 5.91 Å². The van der Waals surface area contributed by atoms with E-state index in [2.05, 4.69) is 20.8 Å². The number of hydrogen-bond donors (Lipinski definition) is 0. The number of imide groups is 1. The summed E-state index contributed by atoms with van der Waals surface area (Å²) in [4.78, 5) is 28.2. The summed E-state index contributed by atoms with van der Waals surface area (Å²) in [6.07, 6.45) is 6.54. The molecule has 0 spiro atoms. The lowest BCUT2D eigenvalue weighted by Gasteiger charge is -2.37. The van der Waals surface area contributed by atoms with Gasteiger partial charge in [-0.2, -0.15) is 0 Å². The van der Waals surface area contributed by atoms with Crippen molar-refractivity contribution in [3.8, 4) is 0 Å². The lowest BCUT2D eigenvalue weighted by molar-refractivity contribution is -0.126. The molecule has 5 heteroatoms. The second-order valence-corrected chi connectivity index (χ2v) is 11.9. The van der Waals surface area contributed by atoms with E-state index in [4.69, 9.17) is 0 Å². The Hall–Kier alpha value is -0.843. The fourth-order valence-corrected chi connectivity index (χ4v) is 8.00. The average molecular weight is 325 g/mol. The van der Waals surface area contributed by atoms with Crippen LogP contribution < -0.4 is 0 Å². The van der Waals surface area contributed by atoms with E-state index in [1.807, 2.05) is 11.8 Å². The molecule has 1 atom stereocenters. The molecule has 2 aliphatic rings. The minimum atomic E-state index is -1.98. The van der Waals surface area contributed by atoms with E-state index in [0.717, 1.165) is 37.4 Å². The molecule has 1 unspecified atom stereocenters. The Labute approximate surface area is 136 Å². The van der Waals surface area contributed by atoms with Crippen LogP contribution in [0, 0.1) is 0 Å². The first-order valence-electron chi connectivity index (χ1n) is 9.22. The predicted molar refractivity (Wildman–Crippen MR) is 92.2 cm³/mol. The van der Waals surface area contributed by atoms with E-state index in [1.54, 1.807) is 4.57 Å². The van der Waals surface area contributed by atoms with Gasteiger partial charge in [0.05, 0.1) is 0 Å². The lowest BCUT2D eigenvalue weighted by atomic mass is 9.93. The van der Waals surface area contributed by atoms with Crippen molar-refractivity contribution >= 4 is 20.2 Å². The zero-order valence-electron chi connectivity index (χ0n) is 14.7. The van der Waals surface area contributed by atoms with Gasteiger partial charge < -0.3 is 4.90 Å². The topological polar surface area (TPSA) is 40.6 Å². The first kappa shape index (κ1) is 17.5. The van der Waals surface area contributed by atoms with Crippen LogP contribution in [0.1, 0.15) is 66.2 Å². The van der Waals surface area contributed by atoms with Crippen LogP contribution in [0.5, 0.6) is 0 Å². The molecule has 1 aliphatic carbocycles. The molecule has 22 heavy (non-hydrogen) atoms. The minimum absolute atomic E-state index is 0.0426. The van der Waals surface area contributed by atoms with Crippen LogP contribution in [0.15, 0.2) is 0 Å². The zero-order valence-corrected chi connectivity index (χ0v) is 15.7. The van der Waals surface area contributed by atoms with Gasteiger partial charge in [-0.1, -0.05) is 47.0 Å². The van der Waals surface area contributed by atoms with Crippen molar-refractivity contribution in [1.82, 2.24) is 9.47 Å². The Morgan fingerprint density at radius 2 is 1.50 bits per heavy atom. The van der Waals surface area contributed by atoms with Gasteiger partial charge in [0.15, 0.2) is 8.24 Å².